The zero-order valence-electron chi connectivity index (χ0n) is 17.5. The molecule has 160 valence electrons. The van der Waals surface area contributed by atoms with Crippen molar-refractivity contribution in [3.63, 3.8) is 0 Å². The van der Waals surface area contributed by atoms with Crippen LogP contribution >= 0.6 is 0 Å². The summed E-state index contributed by atoms with van der Waals surface area (Å²) in [5.41, 5.74) is 2.76. The van der Waals surface area contributed by atoms with Crippen LogP contribution in [0.25, 0.3) is 22.8 Å². The molecule has 4 aromatic rings. The molecule has 0 spiro atoms. The second-order valence-corrected chi connectivity index (χ2v) is 7.58. The summed E-state index contributed by atoms with van der Waals surface area (Å²) in [7, 11) is 0. The van der Waals surface area contributed by atoms with Crippen molar-refractivity contribution in [2.75, 3.05) is 11.4 Å². The molecule has 0 atom stereocenters. The largest absolute Gasteiger partial charge is 0.347 e. The normalized spacial score (nSPS) is 13.1. The monoisotopic (exact) mass is 427 g/mol. The molecule has 9 nitrogen and oxygen atoms in total. The lowest BCUT2D eigenvalue weighted by molar-refractivity contribution is -0.384. The first kappa shape index (κ1) is 19.8. The van der Waals surface area contributed by atoms with E-state index in [4.69, 9.17) is 4.98 Å². The van der Waals surface area contributed by atoms with Crippen molar-refractivity contribution >= 4 is 11.5 Å². The predicted octanol–water partition coefficient (Wildman–Crippen LogP) is 3.89. The maximum Gasteiger partial charge on any atom is 0.269 e. The Balaban J connectivity index is 1.45. The summed E-state index contributed by atoms with van der Waals surface area (Å²) in [5.74, 6) is 3.15. The molecule has 0 bridgehead atoms. The summed E-state index contributed by atoms with van der Waals surface area (Å²) in [6, 6.07) is 18.4. The number of nitro benzene ring substituents is 1. The number of hydrogen-bond acceptors (Lipinski definition) is 7. The van der Waals surface area contributed by atoms with E-state index in [1.807, 2.05) is 43.3 Å². The number of nitro groups is 1. The van der Waals surface area contributed by atoms with Crippen LogP contribution in [0.15, 0.2) is 60.7 Å². The average Bonchev–Trinajstić information content (AvgIpc) is 3.27. The molecule has 0 saturated heterocycles. The van der Waals surface area contributed by atoms with E-state index in [0.29, 0.717) is 12.4 Å². The van der Waals surface area contributed by atoms with Crippen LogP contribution in [-0.2, 0) is 19.5 Å². The van der Waals surface area contributed by atoms with E-state index in [2.05, 4.69) is 24.6 Å². The van der Waals surface area contributed by atoms with Gasteiger partial charge in [0.15, 0.2) is 17.5 Å². The second-order valence-electron chi connectivity index (χ2n) is 7.58. The van der Waals surface area contributed by atoms with Crippen LogP contribution in [0.1, 0.15) is 18.4 Å². The van der Waals surface area contributed by atoms with E-state index in [0.717, 1.165) is 53.8 Å². The number of fused-ring (bicyclic) bond motifs is 1. The van der Waals surface area contributed by atoms with E-state index in [1.54, 1.807) is 12.1 Å². The fraction of sp³-hybridized carbons (Fsp3) is 0.217. The summed E-state index contributed by atoms with van der Waals surface area (Å²) in [4.78, 5) is 22.1. The highest BCUT2D eigenvalue weighted by atomic mass is 16.6. The summed E-state index contributed by atoms with van der Waals surface area (Å²) in [6.07, 6.45) is 0.762. The van der Waals surface area contributed by atoms with Crippen molar-refractivity contribution in [2.24, 2.45) is 0 Å². The number of hydrogen-bond donors (Lipinski definition) is 0. The molecule has 0 aliphatic carbocycles. The predicted molar refractivity (Wildman–Crippen MR) is 120 cm³/mol. The molecule has 0 N–H and O–H groups in total. The Morgan fingerprint density at radius 1 is 0.969 bits per heavy atom. The topological polar surface area (TPSA) is 103 Å². The SMILES string of the molecule is CCc1cc(N2CCn3c(nnc3-c3ccccc3)C2)nc(-c2ccc([N+](=O)[O-])cc2)n1. The molecule has 3 heterocycles. The molecule has 0 saturated carbocycles. The Morgan fingerprint density at radius 3 is 2.47 bits per heavy atom. The minimum Gasteiger partial charge on any atom is -0.347 e. The molecule has 1 aliphatic heterocycles. The zero-order chi connectivity index (χ0) is 22.1. The van der Waals surface area contributed by atoms with Crippen LogP contribution in [0.3, 0.4) is 0 Å². The third kappa shape index (κ3) is 3.68. The van der Waals surface area contributed by atoms with E-state index >= 15 is 0 Å². The van der Waals surface area contributed by atoms with Gasteiger partial charge in [0, 0.05) is 48.1 Å². The highest BCUT2D eigenvalue weighted by Gasteiger charge is 2.23. The van der Waals surface area contributed by atoms with Gasteiger partial charge < -0.3 is 9.47 Å². The van der Waals surface area contributed by atoms with Gasteiger partial charge in [0.25, 0.3) is 5.69 Å². The van der Waals surface area contributed by atoms with Gasteiger partial charge in [0.1, 0.15) is 5.82 Å². The number of non-ortho nitro benzene ring substituents is 1. The highest BCUT2D eigenvalue weighted by molar-refractivity contribution is 5.60. The van der Waals surface area contributed by atoms with Gasteiger partial charge in [-0.25, -0.2) is 9.97 Å². The maximum absolute atomic E-state index is 11.0. The molecular formula is C23H21N7O2. The maximum atomic E-state index is 11.0. The third-order valence-electron chi connectivity index (χ3n) is 5.57. The minimum atomic E-state index is -0.411. The number of nitrogens with zero attached hydrogens (tertiary/aromatic N) is 7. The lowest BCUT2D eigenvalue weighted by Crippen LogP contribution is -2.34. The number of aryl methyl sites for hydroxylation is 1. The minimum absolute atomic E-state index is 0.0465. The van der Waals surface area contributed by atoms with Gasteiger partial charge in [0.2, 0.25) is 0 Å². The van der Waals surface area contributed by atoms with Gasteiger partial charge in [-0.1, -0.05) is 37.3 Å². The first-order valence-corrected chi connectivity index (χ1v) is 10.5. The van der Waals surface area contributed by atoms with E-state index in [1.165, 1.54) is 12.1 Å². The first-order chi connectivity index (χ1) is 15.6. The Labute approximate surface area is 184 Å². The van der Waals surface area contributed by atoms with Crippen molar-refractivity contribution in [1.82, 2.24) is 24.7 Å². The average molecular weight is 427 g/mol. The van der Waals surface area contributed by atoms with Crippen molar-refractivity contribution in [3.05, 3.63) is 82.3 Å². The Morgan fingerprint density at radius 2 is 1.75 bits per heavy atom. The fourth-order valence-corrected chi connectivity index (χ4v) is 3.84. The molecule has 9 heteroatoms. The number of benzene rings is 2. The molecule has 2 aromatic heterocycles. The summed E-state index contributed by atoms with van der Waals surface area (Å²) in [5, 5.41) is 19.8. The van der Waals surface area contributed by atoms with Crippen LogP contribution in [0.4, 0.5) is 11.5 Å². The molecule has 0 unspecified atom stereocenters. The van der Waals surface area contributed by atoms with Gasteiger partial charge >= 0.3 is 0 Å². The lowest BCUT2D eigenvalue weighted by atomic mass is 10.2. The molecule has 5 rings (SSSR count). The van der Waals surface area contributed by atoms with E-state index in [9.17, 15) is 10.1 Å². The summed E-state index contributed by atoms with van der Waals surface area (Å²) < 4.78 is 2.16. The third-order valence-corrected chi connectivity index (χ3v) is 5.57. The molecule has 0 fully saturated rings. The molecule has 32 heavy (non-hydrogen) atoms. The molecule has 0 amide bonds. The van der Waals surface area contributed by atoms with Crippen molar-refractivity contribution in [2.45, 2.75) is 26.4 Å². The van der Waals surface area contributed by atoms with Gasteiger partial charge in [-0.15, -0.1) is 10.2 Å². The Bertz CT molecular complexity index is 1270. The molecule has 2 aromatic carbocycles. The van der Waals surface area contributed by atoms with Gasteiger partial charge in [0.05, 0.1) is 11.5 Å². The first-order valence-electron chi connectivity index (χ1n) is 10.5. The van der Waals surface area contributed by atoms with Crippen molar-refractivity contribution < 1.29 is 4.92 Å². The van der Waals surface area contributed by atoms with Gasteiger partial charge in [-0.3, -0.25) is 10.1 Å². The fourth-order valence-electron chi connectivity index (χ4n) is 3.84. The zero-order valence-corrected chi connectivity index (χ0v) is 17.5. The Kier molecular flexibility index (Phi) is 5.06. The van der Waals surface area contributed by atoms with E-state index < -0.39 is 4.92 Å². The van der Waals surface area contributed by atoms with Crippen LogP contribution < -0.4 is 4.90 Å². The van der Waals surface area contributed by atoms with E-state index in [-0.39, 0.29) is 5.69 Å². The standard InChI is InChI=1S/C23H21N7O2/c1-2-18-14-20(25-22(24-18)16-8-10-19(11-9-16)30(31)32)28-12-13-29-21(15-28)26-27-23(29)17-6-4-3-5-7-17/h3-11,14H,2,12-13,15H2,1H3. The van der Waals surface area contributed by atoms with Gasteiger partial charge in [-0.2, -0.15) is 0 Å². The second kappa shape index (κ2) is 8.18. The smallest absolute Gasteiger partial charge is 0.269 e. The summed E-state index contributed by atoms with van der Waals surface area (Å²) >= 11 is 0. The van der Waals surface area contributed by atoms with Gasteiger partial charge in [-0.05, 0) is 18.6 Å². The Hall–Kier alpha value is -4.14. The molecular weight excluding hydrogens is 406 g/mol. The number of anilines is 1. The van der Waals surface area contributed by atoms with Crippen molar-refractivity contribution in [1.29, 1.82) is 0 Å². The molecule has 0 radical (unpaired) electrons. The summed E-state index contributed by atoms with van der Waals surface area (Å²) in [6.45, 7) is 4.17. The van der Waals surface area contributed by atoms with Crippen LogP contribution in [-0.4, -0.2) is 36.2 Å². The highest BCUT2D eigenvalue weighted by Crippen LogP contribution is 2.27. The van der Waals surface area contributed by atoms with Crippen LogP contribution in [0, 0.1) is 10.1 Å². The van der Waals surface area contributed by atoms with Crippen molar-refractivity contribution in [3.8, 4) is 22.8 Å². The van der Waals surface area contributed by atoms with Crippen LogP contribution in [0.2, 0.25) is 0 Å². The lowest BCUT2D eigenvalue weighted by Gasteiger charge is -2.29. The number of rotatable bonds is 5. The van der Waals surface area contributed by atoms with Crippen LogP contribution in [0.5, 0.6) is 0 Å². The molecule has 1 aliphatic rings. The quantitative estimate of drug-likeness (QED) is 0.352. The number of aromatic nitrogens is 5.